The van der Waals surface area contributed by atoms with E-state index in [1.54, 1.807) is 0 Å². The van der Waals surface area contributed by atoms with Crippen molar-refractivity contribution >= 4 is 0 Å². The lowest BCUT2D eigenvalue weighted by molar-refractivity contribution is 0.0367. The predicted molar refractivity (Wildman–Crippen MR) is 235 cm³/mol. The van der Waals surface area contributed by atoms with Crippen molar-refractivity contribution in [3.8, 4) is 0 Å². The summed E-state index contributed by atoms with van der Waals surface area (Å²) in [6.45, 7) is 11.6. The largest absolute Gasteiger partial charge is 0.381 e. The van der Waals surface area contributed by atoms with Crippen LogP contribution >= 0.6 is 0 Å². The fourth-order valence-electron chi connectivity index (χ4n) is 12.9. The summed E-state index contributed by atoms with van der Waals surface area (Å²) in [4.78, 5) is 0. The Morgan fingerprint density at radius 2 is 0.585 bits per heavy atom. The van der Waals surface area contributed by atoms with Gasteiger partial charge in [0.1, 0.15) is 0 Å². The van der Waals surface area contributed by atoms with Gasteiger partial charge in [-0.2, -0.15) is 0 Å². The number of ether oxygens (including phenoxy) is 1. The lowest BCUT2D eigenvalue weighted by Gasteiger charge is -2.41. The third-order valence-corrected chi connectivity index (χ3v) is 16.5. The van der Waals surface area contributed by atoms with Crippen LogP contribution in [0.2, 0.25) is 0 Å². The van der Waals surface area contributed by atoms with Gasteiger partial charge in [-0.3, -0.25) is 0 Å². The van der Waals surface area contributed by atoms with Gasteiger partial charge in [0.2, 0.25) is 0 Å². The van der Waals surface area contributed by atoms with Crippen molar-refractivity contribution in [3.05, 3.63) is 0 Å². The van der Waals surface area contributed by atoms with Crippen LogP contribution in [-0.2, 0) is 4.74 Å². The maximum atomic E-state index is 6.82. The molecule has 2 unspecified atom stereocenters. The lowest BCUT2D eigenvalue weighted by Crippen LogP contribution is -2.32. The van der Waals surface area contributed by atoms with Gasteiger partial charge in [-0.05, 0) is 123 Å². The molecule has 4 saturated carbocycles. The molecule has 0 aromatic heterocycles. The molecule has 312 valence electrons. The molecule has 4 fully saturated rings. The zero-order valence-corrected chi connectivity index (χ0v) is 37.1. The highest BCUT2D eigenvalue weighted by atomic mass is 16.5. The topological polar surface area (TPSA) is 9.23 Å². The molecular weight excluding hydrogens is 641 g/mol. The van der Waals surface area contributed by atoms with Crippen molar-refractivity contribution in [3.63, 3.8) is 0 Å². The number of hydrogen-bond donors (Lipinski definition) is 0. The van der Waals surface area contributed by atoms with Crippen LogP contribution in [0.15, 0.2) is 0 Å². The van der Waals surface area contributed by atoms with E-state index in [9.17, 15) is 0 Å². The molecule has 0 heterocycles. The summed E-state index contributed by atoms with van der Waals surface area (Å²) in [6.07, 6.45) is 53.5. The van der Waals surface area contributed by atoms with Gasteiger partial charge in [0.15, 0.2) is 0 Å². The van der Waals surface area contributed by atoms with E-state index in [4.69, 9.17) is 4.74 Å². The number of unbranched alkanes of at least 4 members (excludes halogenated alkanes) is 10. The monoisotopic (exact) mass is 739 g/mol. The first-order valence-corrected chi connectivity index (χ1v) is 25.7. The van der Waals surface area contributed by atoms with Gasteiger partial charge in [-0.1, -0.05) is 195 Å². The van der Waals surface area contributed by atoms with E-state index in [0.717, 1.165) is 72.4 Å². The average molecular weight is 739 g/mol. The highest BCUT2D eigenvalue weighted by Crippen LogP contribution is 2.47. The van der Waals surface area contributed by atoms with Crippen molar-refractivity contribution < 1.29 is 4.74 Å². The lowest BCUT2D eigenvalue weighted by atomic mass is 9.65. The molecule has 0 N–H and O–H groups in total. The van der Waals surface area contributed by atoms with E-state index in [-0.39, 0.29) is 0 Å². The SMILES string of the molecule is CCCCCCCC1CCC(C(CCOCCC(C2CCC(CCCC)CC2)C2CCC(CCCCCCC)CC2)C2CCC(CCCC)CC2)CC1. The number of hydrogen-bond acceptors (Lipinski definition) is 1. The van der Waals surface area contributed by atoms with Crippen LogP contribution in [0.3, 0.4) is 0 Å². The Bertz CT molecular complexity index is 750. The summed E-state index contributed by atoms with van der Waals surface area (Å²) in [5, 5.41) is 0. The van der Waals surface area contributed by atoms with Gasteiger partial charge in [-0.15, -0.1) is 0 Å². The third kappa shape index (κ3) is 17.6. The van der Waals surface area contributed by atoms with Crippen molar-refractivity contribution in [2.45, 2.75) is 259 Å². The Morgan fingerprint density at radius 3 is 0.868 bits per heavy atom. The summed E-state index contributed by atoms with van der Waals surface area (Å²) in [7, 11) is 0. The molecule has 0 radical (unpaired) electrons. The summed E-state index contributed by atoms with van der Waals surface area (Å²) >= 11 is 0. The normalized spacial score (nSPS) is 31.0. The minimum Gasteiger partial charge on any atom is -0.381 e. The van der Waals surface area contributed by atoms with Crippen LogP contribution in [-0.4, -0.2) is 13.2 Å². The highest BCUT2D eigenvalue weighted by molar-refractivity contribution is 4.87. The van der Waals surface area contributed by atoms with Crippen molar-refractivity contribution in [2.24, 2.45) is 59.2 Å². The molecule has 4 aliphatic carbocycles. The molecule has 0 aromatic rings. The van der Waals surface area contributed by atoms with Crippen LogP contribution in [0.1, 0.15) is 259 Å². The standard InChI is InChI=1S/C52H98O/c1-5-9-13-15-17-21-45-27-35-49(36-28-45)51(47-31-23-43(24-32-47)19-11-7-3)39-41-53-42-40-52(48-33-25-44(26-34-48)20-12-8-4)50-37-29-46(30-38-50)22-18-16-14-10-6-2/h43-52H,5-42H2,1-4H3. The second kappa shape index (κ2) is 28.4. The summed E-state index contributed by atoms with van der Waals surface area (Å²) in [5.74, 6) is 9.99. The zero-order valence-electron chi connectivity index (χ0n) is 37.1. The second-order valence-electron chi connectivity index (χ2n) is 20.3. The van der Waals surface area contributed by atoms with Crippen LogP contribution in [0.5, 0.6) is 0 Å². The van der Waals surface area contributed by atoms with Crippen molar-refractivity contribution in [2.75, 3.05) is 13.2 Å². The Morgan fingerprint density at radius 1 is 0.321 bits per heavy atom. The smallest absolute Gasteiger partial charge is 0.0468 e. The Labute approximate surface area is 334 Å². The molecular formula is C52H98O. The van der Waals surface area contributed by atoms with Gasteiger partial charge in [0.05, 0.1) is 0 Å². The summed E-state index contributed by atoms with van der Waals surface area (Å²) in [6, 6.07) is 0. The Kier molecular flexibility index (Phi) is 24.4. The minimum atomic E-state index is 0.944. The summed E-state index contributed by atoms with van der Waals surface area (Å²) < 4.78 is 6.82. The second-order valence-corrected chi connectivity index (χ2v) is 20.3. The quantitative estimate of drug-likeness (QED) is 0.0726. The molecule has 1 nitrogen and oxygen atoms in total. The van der Waals surface area contributed by atoms with E-state index < -0.39 is 0 Å². The molecule has 0 amide bonds. The predicted octanol–water partition coefficient (Wildman–Crippen LogP) is 17.3. The van der Waals surface area contributed by atoms with Crippen LogP contribution in [0.4, 0.5) is 0 Å². The van der Waals surface area contributed by atoms with Gasteiger partial charge in [0.25, 0.3) is 0 Å². The van der Waals surface area contributed by atoms with E-state index in [1.807, 2.05) is 0 Å². The van der Waals surface area contributed by atoms with Gasteiger partial charge < -0.3 is 4.74 Å². The average Bonchev–Trinajstić information content (AvgIpc) is 3.20. The fourth-order valence-corrected chi connectivity index (χ4v) is 12.9. The Balaban J connectivity index is 1.26. The molecule has 1 heteroatoms. The first-order chi connectivity index (χ1) is 26.1. The molecule has 0 aromatic carbocycles. The molecule has 0 bridgehead atoms. The first kappa shape index (κ1) is 45.7. The van der Waals surface area contributed by atoms with E-state index in [0.29, 0.717) is 0 Å². The van der Waals surface area contributed by atoms with Gasteiger partial charge in [0, 0.05) is 13.2 Å². The third-order valence-electron chi connectivity index (χ3n) is 16.5. The molecule has 2 atom stereocenters. The fraction of sp³-hybridized carbons (Fsp3) is 1.00. The molecule has 0 spiro atoms. The first-order valence-electron chi connectivity index (χ1n) is 25.7. The molecule has 0 aliphatic heterocycles. The van der Waals surface area contributed by atoms with E-state index in [1.165, 1.54) is 231 Å². The highest BCUT2D eigenvalue weighted by Gasteiger charge is 2.36. The van der Waals surface area contributed by atoms with Crippen molar-refractivity contribution in [1.82, 2.24) is 0 Å². The van der Waals surface area contributed by atoms with Crippen LogP contribution < -0.4 is 0 Å². The van der Waals surface area contributed by atoms with Gasteiger partial charge in [-0.25, -0.2) is 0 Å². The molecule has 4 aliphatic rings. The molecule has 0 saturated heterocycles. The van der Waals surface area contributed by atoms with E-state index >= 15 is 0 Å². The minimum absolute atomic E-state index is 0.944. The maximum Gasteiger partial charge on any atom is 0.0468 e. The van der Waals surface area contributed by atoms with Crippen LogP contribution in [0, 0.1) is 59.2 Å². The van der Waals surface area contributed by atoms with Crippen LogP contribution in [0.25, 0.3) is 0 Å². The van der Waals surface area contributed by atoms with Gasteiger partial charge >= 0.3 is 0 Å². The molecule has 53 heavy (non-hydrogen) atoms. The summed E-state index contributed by atoms with van der Waals surface area (Å²) in [5.41, 5.74) is 0. The Hall–Kier alpha value is -0.0400. The number of rotatable bonds is 28. The zero-order chi connectivity index (χ0) is 37.4. The van der Waals surface area contributed by atoms with Crippen molar-refractivity contribution in [1.29, 1.82) is 0 Å². The molecule has 4 rings (SSSR count). The maximum absolute atomic E-state index is 6.82. The van der Waals surface area contributed by atoms with E-state index in [2.05, 4.69) is 27.7 Å².